The van der Waals surface area contributed by atoms with Crippen LogP contribution in [-0.4, -0.2) is 0 Å². The van der Waals surface area contributed by atoms with Crippen LogP contribution in [0.3, 0.4) is 0 Å². The van der Waals surface area contributed by atoms with Gasteiger partial charge in [0.1, 0.15) is 0 Å². The minimum absolute atomic E-state index is 1.11. The molecular formula is C12H18. The van der Waals surface area contributed by atoms with Crippen molar-refractivity contribution in [1.29, 1.82) is 0 Å². The molecule has 0 amide bonds. The maximum absolute atomic E-state index is 2.31. The van der Waals surface area contributed by atoms with Gasteiger partial charge < -0.3 is 0 Å². The van der Waals surface area contributed by atoms with Gasteiger partial charge in [0, 0.05) is 0 Å². The Morgan fingerprint density at radius 1 is 0.500 bits per heavy atom. The first-order chi connectivity index (χ1) is 6.00. The summed E-state index contributed by atoms with van der Waals surface area (Å²) >= 11 is 0. The molecule has 0 aliphatic heterocycles. The summed E-state index contributed by atoms with van der Waals surface area (Å²) in [5.41, 5.74) is 0. The summed E-state index contributed by atoms with van der Waals surface area (Å²) in [6.45, 7) is 0. The van der Waals surface area contributed by atoms with E-state index in [4.69, 9.17) is 0 Å². The van der Waals surface area contributed by atoms with Crippen molar-refractivity contribution in [2.24, 2.45) is 0 Å². The molecule has 0 saturated heterocycles. The van der Waals surface area contributed by atoms with Crippen molar-refractivity contribution < 1.29 is 0 Å². The van der Waals surface area contributed by atoms with Gasteiger partial charge in [-0.05, 0) is 38.5 Å². The summed E-state index contributed by atoms with van der Waals surface area (Å²) in [5.74, 6) is 0. The molecule has 0 radical (unpaired) electrons. The summed E-state index contributed by atoms with van der Waals surface area (Å²) in [6.07, 6.45) is 21.0. The topological polar surface area (TPSA) is 0 Å². The largest absolute Gasteiger partial charge is 0.0885 e. The van der Waals surface area contributed by atoms with Crippen molar-refractivity contribution in [3.05, 3.63) is 36.5 Å². The van der Waals surface area contributed by atoms with Gasteiger partial charge in [0.2, 0.25) is 0 Å². The van der Waals surface area contributed by atoms with Crippen molar-refractivity contribution in [3.63, 3.8) is 0 Å². The second kappa shape index (κ2) is 6.90. The first kappa shape index (κ1) is 9.31. The summed E-state index contributed by atoms with van der Waals surface area (Å²) in [4.78, 5) is 0. The summed E-state index contributed by atoms with van der Waals surface area (Å²) < 4.78 is 0. The third-order valence-electron chi connectivity index (χ3n) is 2.01. The van der Waals surface area contributed by atoms with Gasteiger partial charge in [-0.25, -0.2) is 0 Å². The van der Waals surface area contributed by atoms with Crippen LogP contribution in [0.25, 0.3) is 0 Å². The molecule has 1 rings (SSSR count). The van der Waals surface area contributed by atoms with Crippen LogP contribution in [0.15, 0.2) is 36.5 Å². The van der Waals surface area contributed by atoms with Crippen LogP contribution in [0.5, 0.6) is 0 Å². The van der Waals surface area contributed by atoms with Crippen LogP contribution in [-0.2, 0) is 0 Å². The number of allylic oxidation sites excluding steroid dienone is 6. The van der Waals surface area contributed by atoms with Gasteiger partial charge in [0.15, 0.2) is 0 Å². The number of hydrogen-bond donors (Lipinski definition) is 0. The van der Waals surface area contributed by atoms with E-state index in [2.05, 4.69) is 36.5 Å². The third-order valence-corrected chi connectivity index (χ3v) is 2.01. The molecule has 0 fully saturated rings. The van der Waals surface area contributed by atoms with Gasteiger partial charge in [-0.2, -0.15) is 0 Å². The molecular weight excluding hydrogens is 144 g/mol. The standard InChI is InChI=1S/C12H18/c1-2-4-6-8-10-12-11-9-7-5-3-1/h1-2,5,7-8,10H,3-4,6,9,11-12H2/b2-1-,7-5+,10-8-. The minimum atomic E-state index is 1.11. The first-order valence-corrected chi connectivity index (χ1v) is 4.95. The van der Waals surface area contributed by atoms with Crippen molar-refractivity contribution in [2.75, 3.05) is 0 Å². The first-order valence-electron chi connectivity index (χ1n) is 4.95. The van der Waals surface area contributed by atoms with Crippen LogP contribution in [0, 0.1) is 0 Å². The van der Waals surface area contributed by atoms with E-state index < -0.39 is 0 Å². The van der Waals surface area contributed by atoms with E-state index in [9.17, 15) is 0 Å². The fraction of sp³-hybridized carbons (Fsp3) is 0.500. The maximum Gasteiger partial charge on any atom is -0.0169 e. The second-order valence-electron chi connectivity index (χ2n) is 3.16. The molecule has 0 spiro atoms. The Kier molecular flexibility index (Phi) is 5.35. The van der Waals surface area contributed by atoms with Crippen LogP contribution < -0.4 is 0 Å². The van der Waals surface area contributed by atoms with E-state index in [-0.39, 0.29) is 0 Å². The van der Waals surface area contributed by atoms with Crippen molar-refractivity contribution >= 4 is 0 Å². The van der Waals surface area contributed by atoms with Crippen LogP contribution in [0.1, 0.15) is 38.5 Å². The molecule has 0 heteroatoms. The van der Waals surface area contributed by atoms with E-state index >= 15 is 0 Å². The lowest BCUT2D eigenvalue weighted by Gasteiger charge is -1.92. The molecule has 0 saturated carbocycles. The van der Waals surface area contributed by atoms with Gasteiger partial charge in [0.25, 0.3) is 0 Å². The Balaban J connectivity index is 2.30. The van der Waals surface area contributed by atoms with Crippen LogP contribution in [0.2, 0.25) is 0 Å². The minimum Gasteiger partial charge on any atom is -0.0885 e. The SMILES string of the molecule is C1=C\CC/C=C\CCC/C=C/C/1. The van der Waals surface area contributed by atoms with Crippen molar-refractivity contribution in [1.82, 2.24) is 0 Å². The monoisotopic (exact) mass is 162 g/mol. The Labute approximate surface area is 75.7 Å². The Morgan fingerprint density at radius 3 is 1.75 bits per heavy atom. The summed E-state index contributed by atoms with van der Waals surface area (Å²) in [7, 11) is 0. The molecule has 0 bridgehead atoms. The highest BCUT2D eigenvalue weighted by molar-refractivity contribution is 4.95. The van der Waals surface area contributed by atoms with E-state index in [0.29, 0.717) is 0 Å². The maximum atomic E-state index is 2.31. The lowest BCUT2D eigenvalue weighted by atomic mass is 10.1. The van der Waals surface area contributed by atoms with Gasteiger partial charge in [-0.3, -0.25) is 0 Å². The molecule has 1 aliphatic carbocycles. The van der Waals surface area contributed by atoms with E-state index in [1.165, 1.54) is 32.1 Å². The average molecular weight is 162 g/mol. The Morgan fingerprint density at radius 2 is 1.00 bits per heavy atom. The molecule has 0 atom stereocenters. The predicted molar refractivity (Wildman–Crippen MR) is 55.1 cm³/mol. The van der Waals surface area contributed by atoms with Crippen molar-refractivity contribution in [3.8, 4) is 0 Å². The third kappa shape index (κ3) is 4.95. The Bertz CT molecular complexity index is 172. The molecule has 0 heterocycles. The second-order valence-corrected chi connectivity index (χ2v) is 3.16. The fourth-order valence-electron chi connectivity index (χ4n) is 1.29. The van der Waals surface area contributed by atoms with Gasteiger partial charge in [-0.1, -0.05) is 36.5 Å². The zero-order chi connectivity index (χ0) is 8.49. The number of rotatable bonds is 0. The highest BCUT2D eigenvalue weighted by Crippen LogP contribution is 2.03. The van der Waals surface area contributed by atoms with E-state index in [1.54, 1.807) is 0 Å². The predicted octanol–water partition coefficient (Wildman–Crippen LogP) is 4.01. The molecule has 12 heavy (non-hydrogen) atoms. The molecule has 0 unspecified atom stereocenters. The van der Waals surface area contributed by atoms with Crippen LogP contribution >= 0.6 is 0 Å². The zero-order valence-electron chi connectivity index (χ0n) is 7.71. The van der Waals surface area contributed by atoms with Gasteiger partial charge in [0.05, 0.1) is 0 Å². The fourth-order valence-corrected chi connectivity index (χ4v) is 1.29. The molecule has 0 N–H and O–H groups in total. The molecule has 0 aromatic rings. The highest BCUT2D eigenvalue weighted by atomic mass is 13.9. The van der Waals surface area contributed by atoms with Gasteiger partial charge in [-0.15, -0.1) is 0 Å². The average Bonchev–Trinajstić information content (AvgIpc) is 2.05. The summed E-state index contributed by atoms with van der Waals surface area (Å²) in [6, 6.07) is 0. The smallest absolute Gasteiger partial charge is 0.0169 e. The highest BCUT2D eigenvalue weighted by Gasteiger charge is 1.82. The van der Waals surface area contributed by atoms with Crippen molar-refractivity contribution in [2.45, 2.75) is 38.5 Å². The molecule has 0 nitrogen and oxygen atoms in total. The van der Waals surface area contributed by atoms with Crippen LogP contribution in [0.4, 0.5) is 0 Å². The zero-order valence-corrected chi connectivity index (χ0v) is 7.71. The van der Waals surface area contributed by atoms with E-state index in [0.717, 1.165) is 6.42 Å². The summed E-state index contributed by atoms with van der Waals surface area (Å²) in [5, 5.41) is 0. The number of hydrogen-bond acceptors (Lipinski definition) is 0. The lowest BCUT2D eigenvalue weighted by molar-refractivity contribution is 0.859. The van der Waals surface area contributed by atoms with Gasteiger partial charge >= 0.3 is 0 Å². The molecule has 66 valence electrons. The quantitative estimate of drug-likeness (QED) is 0.472. The molecule has 0 aromatic carbocycles. The van der Waals surface area contributed by atoms with E-state index in [1.807, 2.05) is 0 Å². The Hall–Kier alpha value is -0.780. The lowest BCUT2D eigenvalue weighted by Crippen LogP contribution is -1.72. The molecule has 1 aliphatic rings. The molecule has 0 aromatic heterocycles. The normalized spacial score (nSPS) is 28.0.